The zero-order chi connectivity index (χ0) is 14.9. The van der Waals surface area contributed by atoms with Crippen molar-refractivity contribution in [1.82, 2.24) is 4.90 Å². The van der Waals surface area contributed by atoms with Gasteiger partial charge in [0.15, 0.2) is 0 Å². The van der Waals surface area contributed by atoms with Crippen molar-refractivity contribution < 1.29 is 31.4 Å². The van der Waals surface area contributed by atoms with Crippen molar-refractivity contribution in [3.63, 3.8) is 0 Å². The molecule has 0 unspecified atom stereocenters. The summed E-state index contributed by atoms with van der Waals surface area (Å²) in [7, 11) is 0. The van der Waals surface area contributed by atoms with Gasteiger partial charge in [-0.25, -0.2) is 0 Å². The highest BCUT2D eigenvalue weighted by molar-refractivity contribution is 4.97. The van der Waals surface area contributed by atoms with E-state index in [4.69, 9.17) is 5.11 Å². The minimum absolute atomic E-state index is 0.554. The largest absolute Gasteiger partial charge is 0.427 e. The quantitative estimate of drug-likeness (QED) is 0.801. The Labute approximate surface area is 102 Å². The Morgan fingerprint density at radius 2 is 1.11 bits per heavy atom. The first-order chi connectivity index (χ1) is 7.74. The third-order valence-corrected chi connectivity index (χ3v) is 2.68. The van der Waals surface area contributed by atoms with Crippen molar-refractivity contribution in [3.8, 4) is 0 Å². The van der Waals surface area contributed by atoms with Crippen LogP contribution in [0.2, 0.25) is 0 Å². The van der Waals surface area contributed by atoms with Gasteiger partial charge in [0, 0.05) is 18.6 Å². The molecule has 0 spiro atoms. The van der Waals surface area contributed by atoms with Crippen LogP contribution >= 0.6 is 0 Å². The van der Waals surface area contributed by atoms with E-state index in [-0.39, 0.29) is 0 Å². The Morgan fingerprint density at radius 3 is 1.28 bits per heavy atom. The van der Waals surface area contributed by atoms with E-state index < -0.39 is 36.6 Å². The number of hydrogen-bond acceptors (Lipinski definition) is 2. The molecule has 0 bridgehead atoms. The molecule has 0 saturated heterocycles. The van der Waals surface area contributed by atoms with E-state index in [2.05, 4.69) is 0 Å². The van der Waals surface area contributed by atoms with Crippen molar-refractivity contribution in [3.05, 3.63) is 0 Å². The minimum atomic E-state index is -5.77. The summed E-state index contributed by atoms with van der Waals surface area (Å²) in [4.78, 5) is 0.945. The maximum atomic E-state index is 12.5. The second-order valence-corrected chi connectivity index (χ2v) is 4.72. The van der Waals surface area contributed by atoms with Crippen LogP contribution < -0.4 is 0 Å². The zero-order valence-corrected chi connectivity index (χ0v) is 10.5. The molecule has 0 fully saturated rings. The molecule has 0 aliphatic heterocycles. The van der Waals surface area contributed by atoms with Crippen LogP contribution in [0.3, 0.4) is 0 Å². The number of aliphatic hydroxyl groups is 1. The topological polar surface area (TPSA) is 23.5 Å². The molecule has 0 heterocycles. The van der Waals surface area contributed by atoms with Gasteiger partial charge in [0.2, 0.25) is 0 Å². The summed E-state index contributed by atoms with van der Waals surface area (Å²) < 4.78 is 74.9. The first-order valence-corrected chi connectivity index (χ1v) is 5.35. The molecule has 0 radical (unpaired) electrons. The van der Waals surface area contributed by atoms with Gasteiger partial charge in [-0.15, -0.1) is 0 Å². The molecule has 0 aromatic heterocycles. The SMILES string of the molecule is CC(C)N(CC(O)(C(F)(F)F)C(F)(F)F)C(C)C. The molecule has 2 nitrogen and oxygen atoms in total. The molecule has 1 N–H and O–H groups in total. The van der Waals surface area contributed by atoms with E-state index in [0.29, 0.717) is 0 Å². The third kappa shape index (κ3) is 3.50. The average Bonchev–Trinajstić information content (AvgIpc) is 2.08. The number of nitrogens with zero attached hydrogens (tertiary/aromatic N) is 1. The molecule has 0 saturated carbocycles. The second-order valence-electron chi connectivity index (χ2n) is 4.72. The first kappa shape index (κ1) is 17.5. The molecule has 0 amide bonds. The lowest BCUT2D eigenvalue weighted by Gasteiger charge is -2.40. The van der Waals surface area contributed by atoms with Crippen molar-refractivity contribution in [1.29, 1.82) is 0 Å². The van der Waals surface area contributed by atoms with E-state index >= 15 is 0 Å². The lowest BCUT2D eigenvalue weighted by molar-refractivity contribution is -0.372. The van der Waals surface area contributed by atoms with Gasteiger partial charge in [-0.2, -0.15) is 26.3 Å². The molecule has 0 rings (SSSR count). The van der Waals surface area contributed by atoms with Gasteiger partial charge >= 0.3 is 12.4 Å². The van der Waals surface area contributed by atoms with Crippen LogP contribution in [0.25, 0.3) is 0 Å². The molecule has 0 aliphatic rings. The predicted molar refractivity (Wildman–Crippen MR) is 54.0 cm³/mol. The smallest absolute Gasteiger partial charge is 0.373 e. The maximum absolute atomic E-state index is 12.5. The molecule has 8 heteroatoms. The van der Waals surface area contributed by atoms with Gasteiger partial charge in [-0.05, 0) is 27.7 Å². The Bertz CT molecular complexity index is 249. The molecule has 110 valence electrons. The average molecular weight is 281 g/mol. The zero-order valence-electron chi connectivity index (χ0n) is 10.5. The molecular weight excluding hydrogens is 264 g/mol. The number of hydrogen-bond donors (Lipinski definition) is 1. The lowest BCUT2D eigenvalue weighted by atomic mass is 10.00. The van der Waals surface area contributed by atoms with Gasteiger partial charge in [-0.1, -0.05) is 0 Å². The maximum Gasteiger partial charge on any atom is 0.427 e. The molecular formula is C10H17F6NO. The summed E-state index contributed by atoms with van der Waals surface area (Å²) in [5.74, 6) is 0. The van der Waals surface area contributed by atoms with Crippen LogP contribution in [0.5, 0.6) is 0 Å². The minimum Gasteiger partial charge on any atom is -0.373 e. The third-order valence-electron chi connectivity index (χ3n) is 2.68. The summed E-state index contributed by atoms with van der Waals surface area (Å²) in [6, 6.07) is -1.11. The first-order valence-electron chi connectivity index (χ1n) is 5.35. The van der Waals surface area contributed by atoms with Crippen LogP contribution in [0.1, 0.15) is 27.7 Å². The number of halogens is 6. The summed E-state index contributed by atoms with van der Waals surface area (Å²) in [6.45, 7) is 4.33. The molecule has 18 heavy (non-hydrogen) atoms. The highest BCUT2D eigenvalue weighted by atomic mass is 19.4. The van der Waals surface area contributed by atoms with Crippen LogP contribution in [0, 0.1) is 0 Å². The van der Waals surface area contributed by atoms with Crippen LogP contribution in [0.4, 0.5) is 26.3 Å². The van der Waals surface area contributed by atoms with E-state index in [1.807, 2.05) is 0 Å². The summed E-state index contributed by atoms with van der Waals surface area (Å²) in [5, 5.41) is 9.06. The Kier molecular flexibility index (Phi) is 5.10. The van der Waals surface area contributed by atoms with Gasteiger partial charge in [0.05, 0.1) is 0 Å². The van der Waals surface area contributed by atoms with Gasteiger partial charge < -0.3 is 5.11 Å². The van der Waals surface area contributed by atoms with Crippen molar-refractivity contribution >= 4 is 0 Å². The van der Waals surface area contributed by atoms with Crippen molar-refractivity contribution in [2.24, 2.45) is 0 Å². The highest BCUT2D eigenvalue weighted by Gasteiger charge is 2.70. The standard InChI is InChI=1S/C10H17F6NO/c1-6(2)17(7(3)4)5-8(18,9(11,12)13)10(14,15)16/h6-7,18H,5H2,1-4H3. The van der Waals surface area contributed by atoms with Gasteiger partial charge in [0.25, 0.3) is 5.60 Å². The van der Waals surface area contributed by atoms with E-state index in [1.54, 1.807) is 0 Å². The Balaban J connectivity index is 5.39. The lowest BCUT2D eigenvalue weighted by Crippen LogP contribution is -2.64. The highest BCUT2D eigenvalue weighted by Crippen LogP contribution is 2.43. The summed E-state index contributed by atoms with van der Waals surface area (Å²) in [6.07, 6.45) is -11.5. The van der Waals surface area contributed by atoms with Gasteiger partial charge in [-0.3, -0.25) is 4.90 Å². The van der Waals surface area contributed by atoms with Crippen LogP contribution in [-0.2, 0) is 0 Å². The monoisotopic (exact) mass is 281 g/mol. The van der Waals surface area contributed by atoms with Gasteiger partial charge in [0.1, 0.15) is 0 Å². The summed E-state index contributed by atoms with van der Waals surface area (Å²) in [5.41, 5.74) is -4.71. The van der Waals surface area contributed by atoms with E-state index in [9.17, 15) is 26.3 Å². The van der Waals surface area contributed by atoms with E-state index in [1.165, 1.54) is 27.7 Å². The van der Waals surface area contributed by atoms with Crippen molar-refractivity contribution in [2.75, 3.05) is 6.54 Å². The number of rotatable bonds is 4. The predicted octanol–water partition coefficient (Wildman–Crippen LogP) is 2.96. The molecule has 0 atom stereocenters. The second kappa shape index (κ2) is 5.24. The van der Waals surface area contributed by atoms with Crippen LogP contribution in [-0.4, -0.2) is 46.6 Å². The van der Waals surface area contributed by atoms with Crippen LogP contribution in [0.15, 0.2) is 0 Å². The fraction of sp³-hybridized carbons (Fsp3) is 1.00. The molecule has 0 aromatic carbocycles. The van der Waals surface area contributed by atoms with Crippen molar-refractivity contribution in [2.45, 2.75) is 57.7 Å². The van der Waals surface area contributed by atoms with E-state index in [0.717, 1.165) is 4.90 Å². The fourth-order valence-electron chi connectivity index (χ4n) is 1.57. The molecule has 0 aliphatic carbocycles. The summed E-state index contributed by atoms with van der Waals surface area (Å²) >= 11 is 0. The Hall–Kier alpha value is -0.500. The Morgan fingerprint density at radius 1 is 0.833 bits per heavy atom. The number of alkyl halides is 6. The normalized spacial score (nSPS) is 15.0. The fourth-order valence-corrected chi connectivity index (χ4v) is 1.57. The molecule has 0 aromatic rings.